The Labute approximate surface area is 139 Å². The number of aromatic nitrogens is 3. The molecule has 0 spiro atoms. The van der Waals surface area contributed by atoms with Crippen LogP contribution in [-0.4, -0.2) is 33.1 Å². The lowest BCUT2D eigenvalue weighted by molar-refractivity contribution is -0.118. The van der Waals surface area contributed by atoms with Crippen molar-refractivity contribution in [2.75, 3.05) is 18.1 Å². The highest BCUT2D eigenvalue weighted by molar-refractivity contribution is 7.99. The summed E-state index contributed by atoms with van der Waals surface area (Å²) in [6.07, 6.45) is 7.87. The van der Waals surface area contributed by atoms with Crippen LogP contribution in [0, 0.1) is 5.92 Å². The average Bonchev–Trinajstić information content (AvgIpc) is 3.22. The van der Waals surface area contributed by atoms with Gasteiger partial charge in [-0.15, -0.1) is 10.2 Å². The number of furan rings is 1. The second-order valence-electron chi connectivity index (χ2n) is 5.75. The van der Waals surface area contributed by atoms with E-state index in [0.29, 0.717) is 22.7 Å². The first kappa shape index (κ1) is 15.9. The van der Waals surface area contributed by atoms with E-state index < -0.39 is 0 Å². The van der Waals surface area contributed by atoms with Crippen LogP contribution in [0.5, 0.6) is 0 Å². The number of nitrogens with one attached hydrogen (secondary N) is 1. The number of amides is 1. The highest BCUT2D eigenvalue weighted by atomic mass is 32.2. The smallest absolute Gasteiger partial charge is 0.230 e. The molecule has 0 aliphatic heterocycles. The number of rotatable bonds is 6. The summed E-state index contributed by atoms with van der Waals surface area (Å²) < 4.78 is 6.60. The number of carbonyl (C=O) groups is 1. The number of hydrogen-bond acceptors (Lipinski definition) is 6. The standard InChI is InChI=1S/C15H21N5O2S/c16-20-14(12-7-4-8-22-12)18-19-15(20)23-10-13(21)17-9-11-5-2-1-3-6-11/h4,7-8,11H,1-3,5-6,9-10,16H2,(H,17,21). The Bertz CT molecular complexity index is 634. The monoisotopic (exact) mass is 335 g/mol. The first-order chi connectivity index (χ1) is 11.2. The molecule has 7 nitrogen and oxygen atoms in total. The van der Waals surface area contributed by atoms with Gasteiger partial charge in [0, 0.05) is 6.54 Å². The molecule has 23 heavy (non-hydrogen) atoms. The maximum Gasteiger partial charge on any atom is 0.230 e. The molecular formula is C15H21N5O2S. The first-order valence-corrected chi connectivity index (χ1v) is 8.86. The fraction of sp³-hybridized carbons (Fsp3) is 0.533. The number of nitrogen functional groups attached to an aromatic ring is 1. The second-order valence-corrected chi connectivity index (χ2v) is 6.69. The van der Waals surface area contributed by atoms with Crippen LogP contribution >= 0.6 is 11.8 Å². The van der Waals surface area contributed by atoms with Gasteiger partial charge in [0.1, 0.15) is 0 Å². The van der Waals surface area contributed by atoms with E-state index in [1.807, 2.05) is 0 Å². The van der Waals surface area contributed by atoms with Crippen LogP contribution in [-0.2, 0) is 4.79 Å². The van der Waals surface area contributed by atoms with E-state index >= 15 is 0 Å². The highest BCUT2D eigenvalue weighted by Gasteiger charge is 2.17. The maximum absolute atomic E-state index is 12.0. The molecule has 0 atom stereocenters. The van der Waals surface area contributed by atoms with E-state index in [4.69, 9.17) is 10.3 Å². The first-order valence-electron chi connectivity index (χ1n) is 7.88. The van der Waals surface area contributed by atoms with Crippen molar-refractivity contribution in [3.8, 4) is 11.6 Å². The fourth-order valence-corrected chi connectivity index (χ4v) is 3.47. The van der Waals surface area contributed by atoms with Crippen molar-refractivity contribution < 1.29 is 9.21 Å². The minimum atomic E-state index is 0.00289. The minimum absolute atomic E-state index is 0.00289. The molecule has 2 aromatic rings. The molecule has 3 rings (SSSR count). The van der Waals surface area contributed by atoms with Crippen LogP contribution in [0.3, 0.4) is 0 Å². The van der Waals surface area contributed by atoms with Gasteiger partial charge in [0.15, 0.2) is 5.76 Å². The van der Waals surface area contributed by atoms with Crippen molar-refractivity contribution in [2.24, 2.45) is 5.92 Å². The molecule has 1 amide bonds. The van der Waals surface area contributed by atoms with Crippen LogP contribution in [0.1, 0.15) is 32.1 Å². The SMILES string of the molecule is Nn1c(SCC(=O)NCC2CCCCC2)nnc1-c1ccco1. The summed E-state index contributed by atoms with van der Waals surface area (Å²) >= 11 is 1.27. The molecule has 2 aromatic heterocycles. The highest BCUT2D eigenvalue weighted by Crippen LogP contribution is 2.23. The minimum Gasteiger partial charge on any atom is -0.461 e. The zero-order valence-corrected chi connectivity index (χ0v) is 13.7. The van der Waals surface area contributed by atoms with Crippen molar-refractivity contribution in [1.82, 2.24) is 20.2 Å². The fourth-order valence-electron chi connectivity index (χ4n) is 2.78. The summed E-state index contributed by atoms with van der Waals surface area (Å²) in [5.41, 5.74) is 0. The van der Waals surface area contributed by atoms with E-state index in [9.17, 15) is 4.79 Å². The molecule has 0 aromatic carbocycles. The molecule has 1 fully saturated rings. The molecule has 3 N–H and O–H groups in total. The Kier molecular flexibility index (Phi) is 5.22. The van der Waals surface area contributed by atoms with E-state index in [1.165, 1.54) is 48.5 Å². The third-order valence-corrected chi connectivity index (χ3v) is 4.99. The Morgan fingerprint density at radius 2 is 2.22 bits per heavy atom. The van der Waals surface area contributed by atoms with Crippen molar-refractivity contribution in [3.63, 3.8) is 0 Å². The Morgan fingerprint density at radius 1 is 1.39 bits per heavy atom. The third kappa shape index (κ3) is 4.07. The molecule has 124 valence electrons. The van der Waals surface area contributed by atoms with E-state index in [2.05, 4.69) is 15.5 Å². The van der Waals surface area contributed by atoms with Gasteiger partial charge in [0.25, 0.3) is 0 Å². The van der Waals surface area contributed by atoms with Crippen LogP contribution in [0.25, 0.3) is 11.6 Å². The summed E-state index contributed by atoms with van der Waals surface area (Å²) in [5, 5.41) is 11.5. The van der Waals surface area contributed by atoms with Gasteiger partial charge in [-0.25, -0.2) is 4.68 Å². The lowest BCUT2D eigenvalue weighted by atomic mass is 9.89. The summed E-state index contributed by atoms with van der Waals surface area (Å²) in [6.45, 7) is 0.770. The lowest BCUT2D eigenvalue weighted by Crippen LogP contribution is -2.31. The van der Waals surface area contributed by atoms with Gasteiger partial charge in [0.05, 0.1) is 12.0 Å². The average molecular weight is 335 g/mol. The van der Waals surface area contributed by atoms with Gasteiger partial charge in [-0.3, -0.25) is 4.79 Å². The van der Waals surface area contributed by atoms with Gasteiger partial charge < -0.3 is 15.6 Å². The van der Waals surface area contributed by atoms with E-state index in [0.717, 1.165) is 6.54 Å². The summed E-state index contributed by atoms with van der Waals surface area (Å²) in [4.78, 5) is 12.0. The van der Waals surface area contributed by atoms with Gasteiger partial charge in [0.2, 0.25) is 16.9 Å². The molecular weight excluding hydrogens is 314 g/mol. The van der Waals surface area contributed by atoms with Crippen LogP contribution < -0.4 is 11.2 Å². The normalized spacial score (nSPS) is 15.7. The van der Waals surface area contributed by atoms with Gasteiger partial charge in [-0.1, -0.05) is 31.0 Å². The zero-order valence-electron chi connectivity index (χ0n) is 12.9. The van der Waals surface area contributed by atoms with E-state index in [-0.39, 0.29) is 11.7 Å². The van der Waals surface area contributed by atoms with Gasteiger partial charge >= 0.3 is 0 Å². The van der Waals surface area contributed by atoms with Gasteiger partial charge in [-0.05, 0) is 30.9 Å². The van der Waals surface area contributed by atoms with Crippen molar-refractivity contribution in [1.29, 1.82) is 0 Å². The number of nitrogens with two attached hydrogens (primary N) is 1. The Morgan fingerprint density at radius 3 is 2.96 bits per heavy atom. The maximum atomic E-state index is 12.0. The van der Waals surface area contributed by atoms with Crippen LogP contribution in [0.15, 0.2) is 28.0 Å². The second kappa shape index (κ2) is 7.54. The number of carbonyl (C=O) groups excluding carboxylic acids is 1. The van der Waals surface area contributed by atoms with Crippen molar-refractivity contribution in [3.05, 3.63) is 18.4 Å². The zero-order chi connectivity index (χ0) is 16.1. The molecule has 0 radical (unpaired) electrons. The number of thioether (sulfide) groups is 1. The predicted octanol–water partition coefficient (Wildman–Crippen LogP) is 2.04. The topological polar surface area (TPSA) is 99.0 Å². The molecule has 0 bridgehead atoms. The number of hydrogen-bond donors (Lipinski definition) is 2. The predicted molar refractivity (Wildman–Crippen MR) is 88.2 cm³/mol. The van der Waals surface area contributed by atoms with Gasteiger partial charge in [-0.2, -0.15) is 0 Å². The Balaban J connectivity index is 1.47. The molecule has 2 heterocycles. The Hall–Kier alpha value is -1.96. The molecule has 1 saturated carbocycles. The quantitative estimate of drug-likeness (QED) is 0.619. The molecule has 0 saturated heterocycles. The summed E-state index contributed by atoms with van der Waals surface area (Å²) in [5.74, 6) is 7.85. The van der Waals surface area contributed by atoms with Crippen LogP contribution in [0.2, 0.25) is 0 Å². The summed E-state index contributed by atoms with van der Waals surface area (Å²) in [6, 6.07) is 3.52. The van der Waals surface area contributed by atoms with Crippen LogP contribution in [0.4, 0.5) is 0 Å². The van der Waals surface area contributed by atoms with Crippen molar-refractivity contribution in [2.45, 2.75) is 37.3 Å². The molecule has 0 unspecified atom stereocenters. The molecule has 1 aliphatic rings. The lowest BCUT2D eigenvalue weighted by Gasteiger charge is -2.21. The van der Waals surface area contributed by atoms with E-state index in [1.54, 1.807) is 18.4 Å². The molecule has 8 heteroatoms. The third-order valence-electron chi connectivity index (χ3n) is 4.05. The summed E-state index contributed by atoms with van der Waals surface area (Å²) in [7, 11) is 0. The largest absolute Gasteiger partial charge is 0.461 e. The molecule has 1 aliphatic carbocycles. The van der Waals surface area contributed by atoms with Crippen molar-refractivity contribution >= 4 is 17.7 Å². The number of nitrogens with zero attached hydrogens (tertiary/aromatic N) is 3.